The third-order valence-corrected chi connectivity index (χ3v) is 3.03. The number of benzene rings is 1. The molecule has 1 heterocycles. The van der Waals surface area contributed by atoms with Crippen LogP contribution >= 0.6 is 11.6 Å². The Kier molecular flexibility index (Phi) is 4.45. The quantitative estimate of drug-likeness (QED) is 0.721. The van der Waals surface area contributed by atoms with E-state index in [1.807, 2.05) is 61.2 Å². The lowest BCUT2D eigenvalue weighted by Gasteiger charge is -2.03. The molecule has 0 saturated carbocycles. The molecule has 0 fully saturated rings. The van der Waals surface area contributed by atoms with Crippen molar-refractivity contribution in [2.24, 2.45) is 0 Å². The zero-order chi connectivity index (χ0) is 14.5. The van der Waals surface area contributed by atoms with Crippen molar-refractivity contribution >= 4 is 29.5 Å². The summed E-state index contributed by atoms with van der Waals surface area (Å²) in [5.41, 5.74) is 3.64. The minimum absolute atomic E-state index is 0.615. The average Bonchev–Trinajstić information content (AvgIpc) is 2.83. The van der Waals surface area contributed by atoms with Gasteiger partial charge in [0.25, 0.3) is 0 Å². The van der Waals surface area contributed by atoms with E-state index >= 15 is 0 Å². The molecule has 2 nitrogen and oxygen atoms in total. The molecule has 1 aromatic carbocycles. The third kappa shape index (κ3) is 3.40. The summed E-state index contributed by atoms with van der Waals surface area (Å²) in [7, 11) is 0. The number of allylic oxidation sites excluding steroid dienone is 2. The number of halogens is 1. The van der Waals surface area contributed by atoms with E-state index in [1.54, 1.807) is 12.1 Å². The summed E-state index contributed by atoms with van der Waals surface area (Å²) in [5.74, 6) is 0. The second-order valence-electron chi connectivity index (χ2n) is 4.72. The smallest absolute Gasteiger partial charge is 0.0998 e. The van der Waals surface area contributed by atoms with Crippen molar-refractivity contribution < 1.29 is 0 Å². The van der Waals surface area contributed by atoms with Crippen LogP contribution in [0.25, 0.3) is 17.8 Å². The van der Waals surface area contributed by atoms with Gasteiger partial charge in [-0.1, -0.05) is 29.3 Å². The van der Waals surface area contributed by atoms with Crippen molar-refractivity contribution in [3.05, 3.63) is 64.4 Å². The first-order chi connectivity index (χ1) is 9.60. The Morgan fingerprint density at radius 1 is 1.20 bits per heavy atom. The van der Waals surface area contributed by atoms with E-state index in [0.717, 1.165) is 11.3 Å². The largest absolute Gasteiger partial charge is 0.324 e. The van der Waals surface area contributed by atoms with E-state index in [1.165, 1.54) is 5.57 Å². The van der Waals surface area contributed by atoms with Crippen molar-refractivity contribution in [2.75, 3.05) is 0 Å². The maximum Gasteiger partial charge on any atom is 0.0998 e. The van der Waals surface area contributed by atoms with Gasteiger partial charge in [0.1, 0.15) is 0 Å². The Morgan fingerprint density at radius 2 is 1.90 bits per heavy atom. The molecule has 0 N–H and O–H groups in total. The molecular weight excluding hydrogens is 268 g/mol. The van der Waals surface area contributed by atoms with E-state index in [-0.39, 0.29) is 0 Å². The molecule has 0 aliphatic rings. The summed E-state index contributed by atoms with van der Waals surface area (Å²) in [6.45, 7) is 4.08. The highest BCUT2D eigenvalue weighted by molar-refractivity contribution is 6.30. The Labute approximate surface area is 124 Å². The van der Waals surface area contributed by atoms with Gasteiger partial charge in [-0.3, -0.25) is 0 Å². The highest BCUT2D eigenvalue weighted by Crippen LogP contribution is 2.20. The molecule has 0 amide bonds. The molecule has 2 rings (SSSR count). The van der Waals surface area contributed by atoms with E-state index in [9.17, 15) is 5.26 Å². The van der Waals surface area contributed by atoms with Crippen molar-refractivity contribution in [2.45, 2.75) is 13.8 Å². The lowest BCUT2D eigenvalue weighted by atomic mass is 10.1. The molecule has 2 aromatic rings. The van der Waals surface area contributed by atoms with E-state index in [2.05, 4.69) is 6.07 Å². The van der Waals surface area contributed by atoms with Crippen LogP contribution in [0.2, 0.25) is 5.02 Å². The zero-order valence-corrected chi connectivity index (χ0v) is 12.2. The van der Waals surface area contributed by atoms with Crippen LogP contribution in [0, 0.1) is 11.3 Å². The summed E-state index contributed by atoms with van der Waals surface area (Å²) in [5, 5.41) is 10.0. The molecule has 0 aliphatic carbocycles. The van der Waals surface area contributed by atoms with Crippen LogP contribution < -0.4 is 0 Å². The van der Waals surface area contributed by atoms with Crippen LogP contribution in [-0.4, -0.2) is 4.57 Å². The standard InChI is InChI=1S/C17H15ClN2/c1-13(2)12-20-9-3-4-17(20)10-15(11-19)14-5-7-16(18)8-6-14/h3-10,12H,1-2H3/b15-10+. The second-order valence-corrected chi connectivity index (χ2v) is 5.16. The highest BCUT2D eigenvalue weighted by atomic mass is 35.5. The van der Waals surface area contributed by atoms with Gasteiger partial charge in [-0.2, -0.15) is 5.26 Å². The monoisotopic (exact) mass is 282 g/mol. The number of nitrogens with zero attached hydrogens (tertiary/aromatic N) is 2. The van der Waals surface area contributed by atoms with Crippen molar-refractivity contribution in [1.29, 1.82) is 5.26 Å². The molecule has 100 valence electrons. The number of hydrogen-bond donors (Lipinski definition) is 0. The fraction of sp³-hybridized carbons (Fsp3) is 0.118. The van der Waals surface area contributed by atoms with Gasteiger partial charge in [0, 0.05) is 23.1 Å². The van der Waals surface area contributed by atoms with Gasteiger partial charge in [-0.05, 0) is 49.8 Å². The predicted octanol–water partition coefficient (Wildman–Crippen LogP) is 5.09. The van der Waals surface area contributed by atoms with Gasteiger partial charge in [-0.15, -0.1) is 0 Å². The first-order valence-corrected chi connectivity index (χ1v) is 6.67. The Hall–Kier alpha value is -2.24. The second kappa shape index (κ2) is 6.27. The van der Waals surface area contributed by atoms with E-state index in [4.69, 9.17) is 11.6 Å². The van der Waals surface area contributed by atoms with Gasteiger partial charge in [0.05, 0.1) is 11.6 Å². The Balaban J connectivity index is 2.42. The molecule has 0 unspecified atom stereocenters. The first-order valence-electron chi connectivity index (χ1n) is 6.30. The summed E-state index contributed by atoms with van der Waals surface area (Å²) < 4.78 is 2.00. The maximum absolute atomic E-state index is 9.34. The number of aromatic nitrogens is 1. The number of rotatable bonds is 3. The van der Waals surface area contributed by atoms with Crippen LogP contribution in [0.3, 0.4) is 0 Å². The van der Waals surface area contributed by atoms with E-state index < -0.39 is 0 Å². The molecule has 3 heteroatoms. The molecule has 1 aromatic heterocycles. The fourth-order valence-corrected chi connectivity index (χ4v) is 2.01. The Morgan fingerprint density at radius 3 is 2.50 bits per heavy atom. The van der Waals surface area contributed by atoms with Crippen molar-refractivity contribution in [3.8, 4) is 6.07 Å². The summed E-state index contributed by atoms with van der Waals surface area (Å²) in [6, 6.07) is 13.5. The van der Waals surface area contributed by atoms with Crippen LogP contribution in [-0.2, 0) is 0 Å². The molecule has 0 saturated heterocycles. The van der Waals surface area contributed by atoms with Gasteiger partial charge in [-0.25, -0.2) is 0 Å². The number of hydrogen-bond acceptors (Lipinski definition) is 1. The van der Waals surface area contributed by atoms with Gasteiger partial charge < -0.3 is 4.57 Å². The minimum Gasteiger partial charge on any atom is -0.324 e. The Bertz CT molecular complexity index is 693. The highest BCUT2D eigenvalue weighted by Gasteiger charge is 2.03. The summed E-state index contributed by atoms with van der Waals surface area (Å²) in [6.07, 6.45) is 5.88. The molecule has 0 radical (unpaired) electrons. The van der Waals surface area contributed by atoms with Crippen LogP contribution in [0.15, 0.2) is 48.2 Å². The SMILES string of the molecule is CC(C)=Cn1cccc1/C=C(\C#N)c1ccc(Cl)cc1. The van der Waals surface area contributed by atoms with E-state index in [0.29, 0.717) is 10.6 Å². The summed E-state index contributed by atoms with van der Waals surface area (Å²) in [4.78, 5) is 0. The molecule has 0 bridgehead atoms. The van der Waals surface area contributed by atoms with Crippen LogP contribution in [0.4, 0.5) is 0 Å². The predicted molar refractivity (Wildman–Crippen MR) is 85.0 cm³/mol. The fourth-order valence-electron chi connectivity index (χ4n) is 1.88. The van der Waals surface area contributed by atoms with Crippen LogP contribution in [0.5, 0.6) is 0 Å². The van der Waals surface area contributed by atoms with Crippen molar-refractivity contribution in [1.82, 2.24) is 4.57 Å². The first kappa shape index (κ1) is 14.2. The zero-order valence-electron chi connectivity index (χ0n) is 11.5. The topological polar surface area (TPSA) is 28.7 Å². The molecule has 0 spiro atoms. The normalized spacial score (nSPS) is 11.0. The van der Waals surface area contributed by atoms with Crippen LogP contribution in [0.1, 0.15) is 25.1 Å². The van der Waals surface area contributed by atoms with Gasteiger partial charge in [0.2, 0.25) is 0 Å². The lowest BCUT2D eigenvalue weighted by molar-refractivity contribution is 1.13. The lowest BCUT2D eigenvalue weighted by Crippen LogP contribution is -1.89. The van der Waals surface area contributed by atoms with Gasteiger partial charge in [0.15, 0.2) is 0 Å². The summed E-state index contributed by atoms with van der Waals surface area (Å²) >= 11 is 5.87. The third-order valence-electron chi connectivity index (χ3n) is 2.78. The molecule has 20 heavy (non-hydrogen) atoms. The maximum atomic E-state index is 9.34. The molecule has 0 atom stereocenters. The average molecular weight is 283 g/mol. The molecular formula is C17H15ClN2. The van der Waals surface area contributed by atoms with Gasteiger partial charge >= 0.3 is 0 Å². The minimum atomic E-state index is 0.615. The molecule has 0 aliphatic heterocycles. The number of nitriles is 1. The van der Waals surface area contributed by atoms with Crippen molar-refractivity contribution in [3.63, 3.8) is 0 Å².